The van der Waals surface area contributed by atoms with Crippen LogP contribution in [0.1, 0.15) is 71.4 Å². The first-order chi connectivity index (χ1) is 14.2. The largest absolute Gasteiger partial charge is 0.444 e. The van der Waals surface area contributed by atoms with E-state index in [-0.39, 0.29) is 24.4 Å². The van der Waals surface area contributed by atoms with Crippen LogP contribution in [0.4, 0.5) is 4.79 Å². The molecule has 1 fully saturated rings. The lowest BCUT2D eigenvalue weighted by atomic mass is 9.94. The first kappa shape index (κ1) is 23.7. The summed E-state index contributed by atoms with van der Waals surface area (Å²) in [6, 6.07) is 8.69. The Hall–Kier alpha value is -2.57. The predicted molar refractivity (Wildman–Crippen MR) is 116 cm³/mol. The van der Waals surface area contributed by atoms with Crippen molar-refractivity contribution in [3.63, 3.8) is 0 Å². The molecule has 1 saturated carbocycles. The van der Waals surface area contributed by atoms with Gasteiger partial charge in [-0.25, -0.2) is 4.79 Å². The standard InChI is InChI=1S/C23H35N3O4/c1-5-26(19(27)16-24-22(29)30-23(2,3)4)20(17-12-8-6-9-13-17)21(28)25-18-14-10-7-11-15-18/h6,8-9,12-13,18,20H,5,7,10-11,14-16H2,1-4H3,(H,24,29)(H,25,28). The summed E-state index contributed by atoms with van der Waals surface area (Å²) in [7, 11) is 0. The Labute approximate surface area is 179 Å². The molecule has 0 aromatic heterocycles. The zero-order valence-corrected chi connectivity index (χ0v) is 18.6. The number of carbonyl (C=O) groups is 3. The number of ether oxygens (including phenoxy) is 1. The molecule has 2 N–H and O–H groups in total. The van der Waals surface area contributed by atoms with Crippen LogP contribution < -0.4 is 10.6 Å². The molecule has 166 valence electrons. The van der Waals surface area contributed by atoms with Crippen molar-refractivity contribution in [1.29, 1.82) is 0 Å². The van der Waals surface area contributed by atoms with E-state index in [0.717, 1.165) is 31.2 Å². The van der Waals surface area contributed by atoms with Crippen LogP contribution in [-0.4, -0.2) is 47.5 Å². The maximum atomic E-state index is 13.2. The van der Waals surface area contributed by atoms with Crippen molar-refractivity contribution < 1.29 is 19.1 Å². The Bertz CT molecular complexity index is 709. The smallest absolute Gasteiger partial charge is 0.408 e. The minimum atomic E-state index is -0.744. The van der Waals surface area contributed by atoms with Crippen LogP contribution >= 0.6 is 0 Å². The van der Waals surface area contributed by atoms with E-state index in [9.17, 15) is 14.4 Å². The molecule has 0 heterocycles. The van der Waals surface area contributed by atoms with Crippen LogP contribution in [-0.2, 0) is 14.3 Å². The number of alkyl carbamates (subject to hydrolysis) is 1. The Balaban J connectivity index is 2.12. The molecule has 1 aromatic rings. The SMILES string of the molecule is CCN(C(=O)CNC(=O)OC(C)(C)C)C(C(=O)NC1CCCCC1)c1ccccc1. The highest BCUT2D eigenvalue weighted by molar-refractivity contribution is 5.90. The van der Waals surface area contributed by atoms with Gasteiger partial charge in [0.2, 0.25) is 11.8 Å². The van der Waals surface area contributed by atoms with Gasteiger partial charge in [-0.3, -0.25) is 9.59 Å². The topological polar surface area (TPSA) is 87.7 Å². The van der Waals surface area contributed by atoms with Gasteiger partial charge in [0.05, 0.1) is 0 Å². The minimum Gasteiger partial charge on any atom is -0.444 e. The van der Waals surface area contributed by atoms with Crippen molar-refractivity contribution in [3.05, 3.63) is 35.9 Å². The number of hydrogen-bond donors (Lipinski definition) is 2. The van der Waals surface area contributed by atoms with Gasteiger partial charge in [-0.2, -0.15) is 0 Å². The number of nitrogens with one attached hydrogen (secondary N) is 2. The summed E-state index contributed by atoms with van der Waals surface area (Å²) in [4.78, 5) is 39.6. The van der Waals surface area contributed by atoms with Crippen LogP contribution in [0.2, 0.25) is 0 Å². The molecular formula is C23H35N3O4. The molecule has 1 atom stereocenters. The number of carbonyl (C=O) groups excluding carboxylic acids is 3. The molecule has 1 aromatic carbocycles. The Morgan fingerprint density at radius 1 is 1.10 bits per heavy atom. The third kappa shape index (κ3) is 7.35. The summed E-state index contributed by atoms with van der Waals surface area (Å²) in [5, 5.41) is 5.63. The molecule has 0 aliphatic heterocycles. The molecule has 1 unspecified atom stereocenters. The maximum Gasteiger partial charge on any atom is 0.408 e. The highest BCUT2D eigenvalue weighted by Crippen LogP contribution is 2.23. The first-order valence-electron chi connectivity index (χ1n) is 10.8. The van der Waals surface area contributed by atoms with E-state index >= 15 is 0 Å². The summed E-state index contributed by atoms with van der Waals surface area (Å²) in [5.74, 6) is -0.517. The molecule has 30 heavy (non-hydrogen) atoms. The van der Waals surface area contributed by atoms with E-state index in [0.29, 0.717) is 6.54 Å². The summed E-state index contributed by atoms with van der Waals surface area (Å²) in [6.07, 6.45) is 4.69. The highest BCUT2D eigenvalue weighted by Gasteiger charge is 2.32. The molecule has 0 spiro atoms. The number of nitrogens with zero attached hydrogens (tertiary/aromatic N) is 1. The quantitative estimate of drug-likeness (QED) is 0.710. The van der Waals surface area contributed by atoms with Crippen LogP contribution in [0.25, 0.3) is 0 Å². The normalized spacial score (nSPS) is 15.7. The molecule has 0 bridgehead atoms. The number of likely N-dealkylation sites (N-methyl/N-ethyl adjacent to an activating group) is 1. The predicted octanol–water partition coefficient (Wildman–Crippen LogP) is 3.55. The van der Waals surface area contributed by atoms with Gasteiger partial charge in [0.25, 0.3) is 0 Å². The molecule has 7 nitrogen and oxygen atoms in total. The molecule has 0 radical (unpaired) electrons. The lowest BCUT2D eigenvalue weighted by molar-refractivity contribution is -0.140. The maximum absolute atomic E-state index is 13.2. The lowest BCUT2D eigenvalue weighted by Crippen LogP contribution is -2.49. The zero-order chi connectivity index (χ0) is 22.1. The first-order valence-corrected chi connectivity index (χ1v) is 10.8. The summed E-state index contributed by atoms with van der Waals surface area (Å²) < 4.78 is 5.19. The molecule has 1 aliphatic carbocycles. The van der Waals surface area contributed by atoms with Crippen molar-refractivity contribution in [1.82, 2.24) is 15.5 Å². The Morgan fingerprint density at radius 3 is 2.30 bits per heavy atom. The molecule has 1 aliphatic rings. The van der Waals surface area contributed by atoms with E-state index in [2.05, 4.69) is 10.6 Å². The number of benzene rings is 1. The Morgan fingerprint density at radius 2 is 1.73 bits per heavy atom. The van der Waals surface area contributed by atoms with Crippen molar-refractivity contribution in [2.75, 3.05) is 13.1 Å². The van der Waals surface area contributed by atoms with Gasteiger partial charge < -0.3 is 20.3 Å². The van der Waals surface area contributed by atoms with Crippen molar-refractivity contribution in [3.8, 4) is 0 Å². The van der Waals surface area contributed by atoms with Gasteiger partial charge in [0.1, 0.15) is 18.2 Å². The summed E-state index contributed by atoms with van der Waals surface area (Å²) in [6.45, 7) is 7.21. The lowest BCUT2D eigenvalue weighted by Gasteiger charge is -2.32. The van der Waals surface area contributed by atoms with Crippen molar-refractivity contribution in [2.45, 2.75) is 77.5 Å². The fourth-order valence-corrected chi connectivity index (χ4v) is 3.70. The third-order valence-electron chi connectivity index (χ3n) is 5.07. The van der Waals surface area contributed by atoms with Crippen LogP contribution in [0.15, 0.2) is 30.3 Å². The monoisotopic (exact) mass is 417 g/mol. The summed E-state index contributed by atoms with van der Waals surface area (Å²) in [5.41, 5.74) is 0.0996. The molecule has 2 rings (SSSR count). The third-order valence-corrected chi connectivity index (χ3v) is 5.07. The van der Waals surface area contributed by atoms with Crippen LogP contribution in [0.3, 0.4) is 0 Å². The van der Waals surface area contributed by atoms with Crippen molar-refractivity contribution in [2.24, 2.45) is 0 Å². The molecular weight excluding hydrogens is 382 g/mol. The molecule has 3 amide bonds. The van der Waals surface area contributed by atoms with Gasteiger partial charge in [-0.05, 0) is 46.1 Å². The van der Waals surface area contributed by atoms with E-state index in [1.54, 1.807) is 20.8 Å². The molecule has 0 saturated heterocycles. The van der Waals surface area contributed by atoms with E-state index in [4.69, 9.17) is 4.74 Å². The van der Waals surface area contributed by atoms with Gasteiger partial charge in [-0.1, -0.05) is 49.6 Å². The Kier molecular flexibility index (Phi) is 8.69. The van der Waals surface area contributed by atoms with E-state index in [1.807, 2.05) is 37.3 Å². The highest BCUT2D eigenvalue weighted by atomic mass is 16.6. The zero-order valence-electron chi connectivity index (χ0n) is 18.6. The van der Waals surface area contributed by atoms with Gasteiger partial charge in [0, 0.05) is 12.6 Å². The number of hydrogen-bond acceptors (Lipinski definition) is 4. The average molecular weight is 418 g/mol. The number of rotatable bonds is 7. The van der Waals surface area contributed by atoms with E-state index in [1.165, 1.54) is 11.3 Å². The minimum absolute atomic E-state index is 0.145. The fourth-order valence-electron chi connectivity index (χ4n) is 3.70. The van der Waals surface area contributed by atoms with Gasteiger partial charge >= 0.3 is 6.09 Å². The second-order valence-electron chi connectivity index (χ2n) is 8.69. The second kappa shape index (κ2) is 11.0. The van der Waals surface area contributed by atoms with Crippen LogP contribution in [0.5, 0.6) is 0 Å². The molecule has 7 heteroatoms. The van der Waals surface area contributed by atoms with Crippen molar-refractivity contribution >= 4 is 17.9 Å². The van der Waals surface area contributed by atoms with E-state index < -0.39 is 17.7 Å². The van der Waals surface area contributed by atoms with Gasteiger partial charge in [0.15, 0.2) is 0 Å². The average Bonchev–Trinajstić information content (AvgIpc) is 2.70. The summed E-state index contributed by atoms with van der Waals surface area (Å²) >= 11 is 0. The van der Waals surface area contributed by atoms with Crippen LogP contribution in [0, 0.1) is 0 Å². The van der Waals surface area contributed by atoms with Gasteiger partial charge in [-0.15, -0.1) is 0 Å². The second-order valence-corrected chi connectivity index (χ2v) is 8.69. The number of amides is 3. The fraction of sp³-hybridized carbons (Fsp3) is 0.609.